The molecule has 0 aliphatic carbocycles. The van der Waals surface area contributed by atoms with E-state index < -0.39 is 0 Å². The first-order valence-electron chi connectivity index (χ1n) is 15.7. The molecule has 48 heavy (non-hydrogen) atoms. The fourth-order valence-electron chi connectivity index (χ4n) is 4.82. The van der Waals surface area contributed by atoms with Crippen LogP contribution in [-0.4, -0.2) is 43.7 Å². The van der Waals surface area contributed by atoms with Crippen LogP contribution in [0.25, 0.3) is 11.3 Å². The van der Waals surface area contributed by atoms with Gasteiger partial charge in [-0.3, -0.25) is 14.4 Å². The van der Waals surface area contributed by atoms with E-state index in [1.807, 2.05) is 65.0 Å². The number of hydrogen-bond acceptors (Lipinski definition) is 7. The Hall–Kier alpha value is -4.67. The zero-order valence-electron chi connectivity index (χ0n) is 28.8. The van der Waals surface area contributed by atoms with E-state index in [4.69, 9.17) is 21.1 Å². The van der Waals surface area contributed by atoms with E-state index in [9.17, 15) is 14.4 Å². The van der Waals surface area contributed by atoms with E-state index in [1.54, 1.807) is 38.5 Å². The van der Waals surface area contributed by atoms with Crippen molar-refractivity contribution in [3.8, 4) is 0 Å². The lowest BCUT2D eigenvalue weighted by atomic mass is 10.0. The van der Waals surface area contributed by atoms with Gasteiger partial charge < -0.3 is 30.4 Å². The van der Waals surface area contributed by atoms with Crippen LogP contribution in [0.15, 0.2) is 82.4 Å². The van der Waals surface area contributed by atoms with Crippen LogP contribution in [0.3, 0.4) is 0 Å². The van der Waals surface area contributed by atoms with E-state index in [0.29, 0.717) is 64.7 Å². The average Bonchev–Trinajstić information content (AvgIpc) is 3.20. The summed E-state index contributed by atoms with van der Waals surface area (Å²) in [5.74, 6) is 0.190. The lowest BCUT2D eigenvalue weighted by Gasteiger charge is -2.20. The number of amides is 2. The number of carbonyl (C=O) groups excluding carboxylic acids is 2. The monoisotopic (exact) mass is 675 g/mol. The molecule has 11 heteroatoms. The van der Waals surface area contributed by atoms with Crippen molar-refractivity contribution in [1.82, 2.24) is 15.6 Å². The third-order valence-electron chi connectivity index (χ3n) is 7.71. The molecule has 0 spiro atoms. The number of methoxy groups -OCH3 is 2. The smallest absolute Gasteiger partial charge is 0.258 e. The van der Waals surface area contributed by atoms with Crippen LogP contribution in [0.5, 0.6) is 0 Å². The summed E-state index contributed by atoms with van der Waals surface area (Å²) in [6, 6.07) is 15.8. The Morgan fingerprint density at radius 1 is 1.15 bits per heavy atom. The Labute approximate surface area is 287 Å². The summed E-state index contributed by atoms with van der Waals surface area (Å²) in [4.78, 5) is 44.6. The summed E-state index contributed by atoms with van der Waals surface area (Å²) >= 11 is 6.48. The van der Waals surface area contributed by atoms with Crippen LogP contribution in [0.2, 0.25) is 5.02 Å². The second-order valence-electron chi connectivity index (χ2n) is 12.2. The number of aromatic nitrogens is 1. The van der Waals surface area contributed by atoms with Gasteiger partial charge in [-0.05, 0) is 82.4 Å². The van der Waals surface area contributed by atoms with Gasteiger partial charge in [0.2, 0.25) is 12.3 Å². The number of rotatable bonds is 12. The molecule has 1 aliphatic heterocycles. The molecule has 0 radical (unpaired) electrons. The number of ether oxygens (including phenoxy) is 2. The van der Waals surface area contributed by atoms with Crippen LogP contribution in [0.4, 0.5) is 5.69 Å². The van der Waals surface area contributed by atoms with Crippen LogP contribution in [0, 0.1) is 0 Å². The SMILES string of the molecule is C=C(Nc1cc(C(=O)NC(CCNC=O)c2ccccc2)ccc1Cl)c1cc2c([nH]c1=O)=NC(OC)=C(CC)CC=2C.COC(C)(C)C. The summed E-state index contributed by atoms with van der Waals surface area (Å²) in [5, 5.41) is 9.95. The van der Waals surface area contributed by atoms with E-state index in [0.717, 1.165) is 28.3 Å². The molecule has 0 saturated heterocycles. The molecule has 1 atom stereocenters. The molecule has 4 N–H and O–H groups in total. The Morgan fingerprint density at radius 2 is 1.83 bits per heavy atom. The number of benzene rings is 2. The standard InChI is InChI=1S/C32H34ClN5O4.C5H12O/c1-5-21-15-19(2)24-17-25(31(41)37-29(24)38-32(21)42-4)20(3)35-28-16-23(11-12-26(28)33)30(40)36-27(13-14-34-18-39)22-9-7-6-8-10-22;1-5(2,3)6-4/h6-12,16-18,27,35H,3,5,13-15H2,1-2,4H3,(H,34,39)(H,36,40)(H,37,38,41);1-4H3. The third kappa shape index (κ3) is 10.4. The normalized spacial score (nSPS) is 13.1. The molecule has 0 saturated carbocycles. The molecule has 1 aromatic heterocycles. The summed E-state index contributed by atoms with van der Waals surface area (Å²) in [7, 11) is 3.28. The Balaban J connectivity index is 0.000000952. The second kappa shape index (κ2) is 17.5. The van der Waals surface area contributed by atoms with Gasteiger partial charge in [0.05, 0.1) is 35.0 Å². The second-order valence-corrected chi connectivity index (χ2v) is 12.6. The Kier molecular flexibility index (Phi) is 13.8. The molecular weight excluding hydrogens is 630 g/mol. The predicted molar refractivity (Wildman–Crippen MR) is 192 cm³/mol. The van der Waals surface area contributed by atoms with Crippen molar-refractivity contribution < 1.29 is 19.1 Å². The van der Waals surface area contributed by atoms with Crippen LogP contribution in [-0.2, 0) is 14.3 Å². The zero-order chi connectivity index (χ0) is 35.4. The summed E-state index contributed by atoms with van der Waals surface area (Å²) in [6.07, 6.45) is 2.58. The number of allylic oxidation sites excluding steroid dienone is 1. The molecule has 1 aliphatic rings. The number of fused-ring (bicyclic) bond motifs is 1. The van der Waals surface area contributed by atoms with Crippen LogP contribution >= 0.6 is 11.6 Å². The number of anilines is 1. The third-order valence-corrected chi connectivity index (χ3v) is 8.04. The molecule has 3 aromatic rings. The van der Waals surface area contributed by atoms with Gasteiger partial charge in [0.25, 0.3) is 11.5 Å². The minimum atomic E-state index is -0.377. The van der Waals surface area contributed by atoms with Gasteiger partial charge in [0, 0.05) is 30.1 Å². The minimum Gasteiger partial charge on any atom is -0.481 e. The van der Waals surface area contributed by atoms with Gasteiger partial charge in [-0.2, -0.15) is 4.99 Å². The number of carbonyl (C=O) groups is 2. The molecule has 10 nitrogen and oxygen atoms in total. The van der Waals surface area contributed by atoms with Crippen molar-refractivity contribution in [3.05, 3.63) is 115 Å². The maximum absolute atomic E-state index is 13.3. The minimum absolute atomic E-state index is 0.0417. The molecule has 2 amide bonds. The van der Waals surface area contributed by atoms with E-state index >= 15 is 0 Å². The molecular formula is C37H46ClN5O5. The largest absolute Gasteiger partial charge is 0.481 e. The van der Waals surface area contributed by atoms with Crippen molar-refractivity contribution in [2.75, 3.05) is 26.1 Å². The highest BCUT2D eigenvalue weighted by Crippen LogP contribution is 2.27. The topological polar surface area (TPSA) is 134 Å². The van der Waals surface area contributed by atoms with Gasteiger partial charge in [-0.25, -0.2) is 0 Å². The van der Waals surface area contributed by atoms with Gasteiger partial charge >= 0.3 is 0 Å². The molecule has 1 unspecified atom stereocenters. The first-order valence-corrected chi connectivity index (χ1v) is 16.1. The van der Waals surface area contributed by atoms with Crippen molar-refractivity contribution in [2.24, 2.45) is 4.99 Å². The zero-order valence-corrected chi connectivity index (χ0v) is 29.5. The van der Waals surface area contributed by atoms with Gasteiger partial charge in [0.15, 0.2) is 0 Å². The number of halogens is 1. The van der Waals surface area contributed by atoms with Crippen LogP contribution in [0.1, 0.15) is 81.4 Å². The van der Waals surface area contributed by atoms with E-state index in [2.05, 4.69) is 32.5 Å². The van der Waals surface area contributed by atoms with E-state index in [-0.39, 0.29) is 23.1 Å². The quantitative estimate of drug-likeness (QED) is 0.146. The first-order chi connectivity index (χ1) is 22.8. The highest BCUT2D eigenvalue weighted by molar-refractivity contribution is 6.33. The Morgan fingerprint density at radius 3 is 2.44 bits per heavy atom. The molecule has 0 fully saturated rings. The first kappa shape index (κ1) is 37.8. The number of pyridine rings is 1. The average molecular weight is 676 g/mol. The fraction of sp³-hybridized carbons (Fsp3) is 0.351. The number of H-pyrrole nitrogens is 1. The number of aromatic amines is 1. The molecule has 4 rings (SSSR count). The highest BCUT2D eigenvalue weighted by atomic mass is 35.5. The molecule has 256 valence electrons. The highest BCUT2D eigenvalue weighted by Gasteiger charge is 2.18. The summed E-state index contributed by atoms with van der Waals surface area (Å²) in [5.41, 5.74) is 4.51. The van der Waals surface area contributed by atoms with Gasteiger partial charge in [-0.1, -0.05) is 61.0 Å². The van der Waals surface area contributed by atoms with E-state index in [1.165, 1.54) is 0 Å². The lowest BCUT2D eigenvalue weighted by Crippen LogP contribution is -2.37. The lowest BCUT2D eigenvalue weighted by molar-refractivity contribution is -0.109. The van der Waals surface area contributed by atoms with Crippen molar-refractivity contribution in [2.45, 2.75) is 65.5 Å². The Bertz CT molecular complexity index is 1830. The predicted octanol–water partition coefficient (Wildman–Crippen LogP) is 5.61. The van der Waals surface area contributed by atoms with Crippen molar-refractivity contribution >= 4 is 40.9 Å². The molecule has 0 bridgehead atoms. The van der Waals surface area contributed by atoms with Crippen molar-refractivity contribution in [1.29, 1.82) is 0 Å². The maximum Gasteiger partial charge on any atom is 0.258 e. The van der Waals surface area contributed by atoms with Crippen LogP contribution < -0.4 is 32.2 Å². The van der Waals surface area contributed by atoms with Gasteiger partial charge in [0.1, 0.15) is 5.49 Å². The molecule has 2 heterocycles. The number of nitrogens with one attached hydrogen (secondary N) is 4. The number of nitrogens with zero attached hydrogens (tertiary/aromatic N) is 1. The molecule has 2 aromatic carbocycles. The van der Waals surface area contributed by atoms with Gasteiger partial charge in [-0.15, -0.1) is 0 Å². The maximum atomic E-state index is 13.3. The summed E-state index contributed by atoms with van der Waals surface area (Å²) < 4.78 is 10.4. The number of hydrogen-bond donors (Lipinski definition) is 4. The summed E-state index contributed by atoms with van der Waals surface area (Å²) in [6.45, 7) is 14.6. The van der Waals surface area contributed by atoms with Crippen molar-refractivity contribution in [3.63, 3.8) is 0 Å². The fourth-order valence-corrected chi connectivity index (χ4v) is 4.99.